The molecule has 0 aliphatic heterocycles. The van der Waals surface area contributed by atoms with Gasteiger partial charge in [-0.05, 0) is 108 Å². The third-order valence-corrected chi connectivity index (χ3v) is 10.7. The van der Waals surface area contributed by atoms with Gasteiger partial charge in [0.05, 0.1) is 5.41 Å². The molecule has 6 nitrogen and oxygen atoms in total. The van der Waals surface area contributed by atoms with E-state index in [0.29, 0.717) is 11.1 Å². The highest BCUT2D eigenvalue weighted by molar-refractivity contribution is 7.87. The Morgan fingerprint density at radius 2 is 0.796 bits per heavy atom. The summed E-state index contributed by atoms with van der Waals surface area (Å²) in [5.74, 6) is -0.924. The van der Waals surface area contributed by atoms with Gasteiger partial charge in [0, 0.05) is 0 Å². The molecule has 248 valence electrons. The molecule has 0 atom stereocenters. The van der Waals surface area contributed by atoms with E-state index in [1.165, 1.54) is 0 Å². The van der Waals surface area contributed by atoms with Crippen LogP contribution in [-0.2, 0) is 25.7 Å². The minimum absolute atomic E-state index is 0.106. The third-order valence-electron chi connectivity index (χ3n) is 8.23. The smallest absolute Gasteiger partial charge is 0.339 e. The maximum Gasteiger partial charge on any atom is 0.339 e. The van der Waals surface area contributed by atoms with Crippen molar-refractivity contribution < 1.29 is 34.0 Å². The van der Waals surface area contributed by atoms with E-state index in [4.69, 9.17) is 8.37 Å². The average Bonchev–Trinajstić information content (AvgIpc) is 3.09. The van der Waals surface area contributed by atoms with Gasteiger partial charge in [-0.2, -0.15) is 16.8 Å². The molecule has 6 rings (SSSR count). The van der Waals surface area contributed by atoms with Gasteiger partial charge >= 0.3 is 20.2 Å². The summed E-state index contributed by atoms with van der Waals surface area (Å²) in [7, 11) is -8.51. The van der Waals surface area contributed by atoms with Crippen LogP contribution >= 0.6 is 0 Å². The van der Waals surface area contributed by atoms with E-state index in [9.17, 15) is 25.6 Å². The van der Waals surface area contributed by atoms with Crippen LogP contribution in [-0.4, -0.2) is 16.8 Å². The first kappa shape index (κ1) is 33.6. The summed E-state index contributed by atoms with van der Waals surface area (Å²) >= 11 is 0. The first-order valence-electron chi connectivity index (χ1n) is 15.1. The van der Waals surface area contributed by atoms with Crippen LogP contribution in [0.4, 0.5) is 8.78 Å². The SMILES string of the molecule is Cc1cc(C(c2ccccc2)(c2ccccc2)c2ccc(OS(=O)(=O)c3ccc(F)cc3)c(C)c2)ccc1OS(=O)(=O)c1ccc(F)cc1. The Kier molecular flexibility index (Phi) is 9.11. The van der Waals surface area contributed by atoms with Crippen LogP contribution in [0, 0.1) is 25.5 Å². The fourth-order valence-corrected chi connectivity index (χ4v) is 7.84. The van der Waals surface area contributed by atoms with Crippen LogP contribution in [0.25, 0.3) is 0 Å². The summed E-state index contributed by atoms with van der Waals surface area (Å²) < 4.78 is 90.3. The molecule has 10 heteroatoms. The topological polar surface area (TPSA) is 86.7 Å². The maximum atomic E-state index is 13.5. The van der Waals surface area contributed by atoms with Crippen molar-refractivity contribution >= 4 is 20.2 Å². The Morgan fingerprint density at radius 1 is 0.449 bits per heavy atom. The molecule has 0 bridgehead atoms. The molecule has 0 aromatic heterocycles. The predicted octanol–water partition coefficient (Wildman–Crippen LogP) is 8.50. The number of rotatable bonds is 10. The normalized spacial score (nSPS) is 12.0. The van der Waals surface area contributed by atoms with Gasteiger partial charge in [-0.25, -0.2) is 8.78 Å². The Balaban J connectivity index is 1.49. The molecule has 6 aromatic carbocycles. The maximum absolute atomic E-state index is 13.5. The summed E-state index contributed by atoms with van der Waals surface area (Å²) in [6.45, 7) is 3.48. The van der Waals surface area contributed by atoms with E-state index >= 15 is 0 Å². The van der Waals surface area contributed by atoms with Gasteiger partial charge in [-0.15, -0.1) is 0 Å². The molecule has 0 N–H and O–H groups in total. The summed E-state index contributed by atoms with van der Waals surface area (Å²) in [6, 6.07) is 38.7. The van der Waals surface area contributed by atoms with Crippen molar-refractivity contribution in [3.8, 4) is 11.5 Å². The molecule has 0 aliphatic rings. The fourth-order valence-electron chi connectivity index (χ4n) is 5.86. The molecule has 0 saturated carbocycles. The quantitative estimate of drug-likeness (QED) is 0.106. The number of benzene rings is 6. The van der Waals surface area contributed by atoms with Crippen molar-refractivity contribution in [1.82, 2.24) is 0 Å². The second-order valence-electron chi connectivity index (χ2n) is 11.4. The second-order valence-corrected chi connectivity index (χ2v) is 14.5. The number of halogens is 2. The minimum Gasteiger partial charge on any atom is -0.379 e. The molecular formula is C39H30F2O6S2. The van der Waals surface area contributed by atoms with E-state index in [0.717, 1.165) is 70.8 Å². The average molecular weight is 697 g/mol. The molecule has 0 radical (unpaired) electrons. The lowest BCUT2D eigenvalue weighted by Crippen LogP contribution is -2.31. The number of hydrogen-bond acceptors (Lipinski definition) is 6. The Morgan fingerprint density at radius 3 is 1.12 bits per heavy atom. The first-order chi connectivity index (χ1) is 23.4. The summed E-state index contributed by atoms with van der Waals surface area (Å²) in [6.07, 6.45) is 0. The molecule has 0 heterocycles. The van der Waals surface area contributed by atoms with Crippen LogP contribution in [0.2, 0.25) is 0 Å². The first-order valence-corrected chi connectivity index (χ1v) is 18.0. The van der Waals surface area contributed by atoms with Crippen LogP contribution in [0.1, 0.15) is 33.4 Å². The lowest BCUT2D eigenvalue weighted by Gasteiger charge is -2.37. The predicted molar refractivity (Wildman–Crippen MR) is 183 cm³/mol. The van der Waals surface area contributed by atoms with Gasteiger partial charge in [0.15, 0.2) is 0 Å². The lowest BCUT2D eigenvalue weighted by molar-refractivity contribution is 0.482. The van der Waals surface area contributed by atoms with Gasteiger partial charge in [-0.3, -0.25) is 0 Å². The standard InChI is InChI=1S/C39H30F2O6S2/c1-27-25-31(13-23-37(27)46-48(42,43)35-19-15-33(40)16-20-35)39(29-9-5-3-6-10-29,30-11-7-4-8-12-30)32-14-24-38(28(2)26-32)47-49(44,45)36-21-17-34(41)18-22-36/h3-26H,1-2H3. The summed E-state index contributed by atoms with van der Waals surface area (Å²) in [4.78, 5) is -0.362. The lowest BCUT2D eigenvalue weighted by atomic mass is 9.64. The van der Waals surface area contributed by atoms with Gasteiger partial charge in [-0.1, -0.05) is 84.9 Å². The fraction of sp³-hybridized carbons (Fsp3) is 0.0769. The van der Waals surface area contributed by atoms with Crippen molar-refractivity contribution in [3.05, 3.63) is 191 Å². The van der Waals surface area contributed by atoms with E-state index in [-0.39, 0.29) is 21.3 Å². The van der Waals surface area contributed by atoms with Crippen molar-refractivity contribution in [3.63, 3.8) is 0 Å². The van der Waals surface area contributed by atoms with Crippen molar-refractivity contribution in [2.24, 2.45) is 0 Å². The highest BCUT2D eigenvalue weighted by atomic mass is 32.2. The zero-order valence-corrected chi connectivity index (χ0v) is 28.0. The van der Waals surface area contributed by atoms with Crippen molar-refractivity contribution in [2.45, 2.75) is 29.1 Å². The number of hydrogen-bond donors (Lipinski definition) is 0. The zero-order valence-electron chi connectivity index (χ0n) is 26.4. The Labute approximate surface area is 284 Å². The van der Waals surface area contributed by atoms with E-state index in [2.05, 4.69) is 0 Å². The Hall–Kier alpha value is -5.32. The molecule has 0 aliphatic carbocycles. The van der Waals surface area contributed by atoms with Crippen LogP contribution in [0.5, 0.6) is 11.5 Å². The molecule has 0 amide bonds. The van der Waals surface area contributed by atoms with Gasteiger partial charge in [0.2, 0.25) is 0 Å². The largest absolute Gasteiger partial charge is 0.379 e. The van der Waals surface area contributed by atoms with Crippen LogP contribution < -0.4 is 8.37 Å². The van der Waals surface area contributed by atoms with Crippen LogP contribution in [0.15, 0.2) is 155 Å². The summed E-state index contributed by atoms with van der Waals surface area (Å²) in [5, 5.41) is 0. The van der Waals surface area contributed by atoms with Gasteiger partial charge < -0.3 is 8.37 Å². The summed E-state index contributed by atoms with van der Waals surface area (Å²) in [5.41, 5.74) is 3.42. The monoisotopic (exact) mass is 696 g/mol. The second kappa shape index (κ2) is 13.3. The highest BCUT2D eigenvalue weighted by Crippen LogP contribution is 2.47. The molecule has 0 unspecified atom stereocenters. The molecule has 0 fully saturated rings. The number of aryl methyl sites for hydroxylation is 2. The van der Waals surface area contributed by atoms with Crippen molar-refractivity contribution in [2.75, 3.05) is 0 Å². The van der Waals surface area contributed by atoms with E-state index in [1.54, 1.807) is 38.1 Å². The Bertz CT molecular complexity index is 2160. The highest BCUT2D eigenvalue weighted by Gasteiger charge is 2.39. The van der Waals surface area contributed by atoms with E-state index < -0.39 is 37.3 Å². The van der Waals surface area contributed by atoms with Gasteiger partial charge in [0.1, 0.15) is 32.9 Å². The third kappa shape index (κ3) is 6.70. The van der Waals surface area contributed by atoms with E-state index in [1.807, 2.05) is 72.8 Å². The minimum atomic E-state index is -4.25. The van der Waals surface area contributed by atoms with Crippen LogP contribution in [0.3, 0.4) is 0 Å². The molecular weight excluding hydrogens is 667 g/mol. The van der Waals surface area contributed by atoms with Crippen molar-refractivity contribution in [1.29, 1.82) is 0 Å². The zero-order chi connectivity index (χ0) is 34.8. The molecule has 49 heavy (non-hydrogen) atoms. The molecule has 0 saturated heterocycles. The van der Waals surface area contributed by atoms with Gasteiger partial charge in [0.25, 0.3) is 0 Å². The molecule has 0 spiro atoms. The molecule has 6 aromatic rings.